The Morgan fingerprint density at radius 3 is 2.83 bits per heavy atom. The molecule has 1 heterocycles. The van der Waals surface area contributed by atoms with Crippen molar-refractivity contribution in [3.8, 4) is 0 Å². The summed E-state index contributed by atoms with van der Waals surface area (Å²) in [6, 6.07) is 10.1. The number of carbonyl (C=O) groups is 1. The standard InChI is InChI=1S/C15H22N2O/c1-12(16)15(18)17-9-5-8-14(11-17)10-13-6-3-2-4-7-13/h2-4,6-7,12,14H,5,8-11,16H2,1H3/t12-,14?/m1/s1. The van der Waals surface area contributed by atoms with E-state index in [2.05, 4.69) is 24.3 Å². The van der Waals surface area contributed by atoms with Crippen molar-refractivity contribution in [3.63, 3.8) is 0 Å². The quantitative estimate of drug-likeness (QED) is 0.884. The van der Waals surface area contributed by atoms with Gasteiger partial charge >= 0.3 is 0 Å². The molecule has 0 spiro atoms. The Hall–Kier alpha value is -1.35. The van der Waals surface area contributed by atoms with E-state index in [-0.39, 0.29) is 11.9 Å². The average Bonchev–Trinajstić information content (AvgIpc) is 2.39. The minimum atomic E-state index is -0.375. The van der Waals surface area contributed by atoms with E-state index < -0.39 is 0 Å². The van der Waals surface area contributed by atoms with E-state index in [0.717, 1.165) is 25.9 Å². The number of amides is 1. The first-order valence-corrected chi connectivity index (χ1v) is 6.75. The Morgan fingerprint density at radius 1 is 1.44 bits per heavy atom. The van der Waals surface area contributed by atoms with Crippen LogP contribution < -0.4 is 5.73 Å². The molecular formula is C15H22N2O. The normalized spacial score (nSPS) is 21.7. The van der Waals surface area contributed by atoms with E-state index in [1.807, 2.05) is 11.0 Å². The van der Waals surface area contributed by atoms with Crippen molar-refractivity contribution in [2.45, 2.75) is 32.2 Å². The fraction of sp³-hybridized carbons (Fsp3) is 0.533. The summed E-state index contributed by atoms with van der Waals surface area (Å²) in [5, 5.41) is 0. The van der Waals surface area contributed by atoms with Crippen LogP contribution in [-0.2, 0) is 11.2 Å². The van der Waals surface area contributed by atoms with Gasteiger partial charge in [-0.05, 0) is 37.7 Å². The van der Waals surface area contributed by atoms with Gasteiger partial charge in [-0.3, -0.25) is 4.79 Å². The van der Waals surface area contributed by atoms with Gasteiger partial charge in [-0.1, -0.05) is 30.3 Å². The minimum Gasteiger partial charge on any atom is -0.341 e. The fourth-order valence-corrected chi connectivity index (χ4v) is 2.67. The molecule has 2 rings (SSSR count). The van der Waals surface area contributed by atoms with Crippen molar-refractivity contribution < 1.29 is 4.79 Å². The number of nitrogens with zero attached hydrogens (tertiary/aromatic N) is 1. The van der Waals surface area contributed by atoms with Crippen molar-refractivity contribution in [1.29, 1.82) is 0 Å². The van der Waals surface area contributed by atoms with Crippen molar-refractivity contribution in [3.05, 3.63) is 35.9 Å². The molecule has 2 atom stereocenters. The predicted octanol–water partition coefficient (Wildman–Crippen LogP) is 1.81. The minimum absolute atomic E-state index is 0.0905. The Bertz CT molecular complexity index is 389. The number of carbonyl (C=O) groups excluding carboxylic acids is 1. The van der Waals surface area contributed by atoms with Crippen LogP contribution in [0.2, 0.25) is 0 Å². The summed E-state index contributed by atoms with van der Waals surface area (Å²) in [7, 11) is 0. The second-order valence-electron chi connectivity index (χ2n) is 5.27. The molecule has 1 saturated heterocycles. The van der Waals surface area contributed by atoms with Gasteiger partial charge in [-0.15, -0.1) is 0 Å². The number of benzene rings is 1. The van der Waals surface area contributed by atoms with Gasteiger partial charge in [0.15, 0.2) is 0 Å². The lowest BCUT2D eigenvalue weighted by Gasteiger charge is -2.33. The molecule has 1 aliphatic rings. The number of nitrogens with two attached hydrogens (primary N) is 1. The largest absolute Gasteiger partial charge is 0.341 e. The summed E-state index contributed by atoms with van der Waals surface area (Å²) in [5.41, 5.74) is 7.03. The van der Waals surface area contributed by atoms with Gasteiger partial charge in [-0.25, -0.2) is 0 Å². The van der Waals surface area contributed by atoms with Crippen LogP contribution in [0.15, 0.2) is 30.3 Å². The lowest BCUT2D eigenvalue weighted by molar-refractivity contribution is -0.134. The second-order valence-corrected chi connectivity index (χ2v) is 5.27. The van der Waals surface area contributed by atoms with Gasteiger partial charge in [0.25, 0.3) is 0 Å². The molecule has 0 bridgehead atoms. The van der Waals surface area contributed by atoms with Crippen LogP contribution in [-0.4, -0.2) is 29.9 Å². The van der Waals surface area contributed by atoms with Gasteiger partial charge in [0.1, 0.15) is 0 Å². The molecule has 2 N–H and O–H groups in total. The van der Waals surface area contributed by atoms with Crippen molar-refractivity contribution in [1.82, 2.24) is 4.90 Å². The zero-order valence-electron chi connectivity index (χ0n) is 11.0. The molecule has 1 fully saturated rings. The third-order valence-corrected chi connectivity index (χ3v) is 3.59. The number of piperidine rings is 1. The maximum absolute atomic E-state index is 11.9. The lowest BCUT2D eigenvalue weighted by atomic mass is 9.91. The molecule has 98 valence electrons. The first-order chi connectivity index (χ1) is 8.66. The molecular weight excluding hydrogens is 224 g/mol. The summed E-state index contributed by atoms with van der Waals surface area (Å²) in [4.78, 5) is 13.8. The summed E-state index contributed by atoms with van der Waals surface area (Å²) >= 11 is 0. The topological polar surface area (TPSA) is 46.3 Å². The van der Waals surface area contributed by atoms with Gasteiger partial charge in [0, 0.05) is 13.1 Å². The highest BCUT2D eigenvalue weighted by atomic mass is 16.2. The maximum atomic E-state index is 11.9. The van der Waals surface area contributed by atoms with Crippen LogP contribution in [0.1, 0.15) is 25.3 Å². The third-order valence-electron chi connectivity index (χ3n) is 3.59. The average molecular weight is 246 g/mol. The van der Waals surface area contributed by atoms with Crippen molar-refractivity contribution in [2.75, 3.05) is 13.1 Å². The fourth-order valence-electron chi connectivity index (χ4n) is 2.67. The van der Waals surface area contributed by atoms with E-state index in [1.165, 1.54) is 12.0 Å². The maximum Gasteiger partial charge on any atom is 0.239 e. The van der Waals surface area contributed by atoms with Crippen LogP contribution in [0.25, 0.3) is 0 Å². The molecule has 1 amide bonds. The highest BCUT2D eigenvalue weighted by Gasteiger charge is 2.25. The molecule has 1 aliphatic heterocycles. The number of rotatable bonds is 3. The van der Waals surface area contributed by atoms with E-state index in [0.29, 0.717) is 5.92 Å². The summed E-state index contributed by atoms with van der Waals surface area (Å²) in [5.74, 6) is 0.664. The van der Waals surface area contributed by atoms with E-state index in [4.69, 9.17) is 5.73 Å². The van der Waals surface area contributed by atoms with Gasteiger partial charge in [0.05, 0.1) is 6.04 Å². The molecule has 1 aromatic carbocycles. The first-order valence-electron chi connectivity index (χ1n) is 6.75. The van der Waals surface area contributed by atoms with E-state index in [1.54, 1.807) is 6.92 Å². The van der Waals surface area contributed by atoms with Crippen LogP contribution >= 0.6 is 0 Å². The summed E-state index contributed by atoms with van der Waals surface area (Å²) in [6.07, 6.45) is 3.36. The first kappa shape index (κ1) is 13.1. The van der Waals surface area contributed by atoms with Gasteiger partial charge in [0.2, 0.25) is 5.91 Å². The summed E-state index contributed by atoms with van der Waals surface area (Å²) in [6.45, 7) is 3.49. The predicted molar refractivity (Wildman–Crippen MR) is 73.1 cm³/mol. The molecule has 1 aromatic rings. The molecule has 3 nitrogen and oxygen atoms in total. The Kier molecular flexibility index (Phi) is 4.37. The smallest absolute Gasteiger partial charge is 0.239 e. The molecule has 1 unspecified atom stereocenters. The number of likely N-dealkylation sites (tertiary alicyclic amines) is 1. The molecule has 18 heavy (non-hydrogen) atoms. The van der Waals surface area contributed by atoms with E-state index in [9.17, 15) is 4.79 Å². The van der Waals surface area contributed by atoms with Crippen LogP contribution in [0.5, 0.6) is 0 Å². The van der Waals surface area contributed by atoms with E-state index >= 15 is 0 Å². The highest BCUT2D eigenvalue weighted by Crippen LogP contribution is 2.21. The zero-order valence-corrected chi connectivity index (χ0v) is 11.0. The van der Waals surface area contributed by atoms with Crippen LogP contribution in [0.4, 0.5) is 0 Å². The lowest BCUT2D eigenvalue weighted by Crippen LogP contribution is -2.47. The second kappa shape index (κ2) is 6.01. The molecule has 0 aliphatic carbocycles. The van der Waals surface area contributed by atoms with Crippen molar-refractivity contribution in [2.24, 2.45) is 11.7 Å². The highest BCUT2D eigenvalue weighted by molar-refractivity contribution is 5.81. The molecule has 0 radical (unpaired) electrons. The van der Waals surface area contributed by atoms with Crippen molar-refractivity contribution >= 4 is 5.91 Å². The van der Waals surface area contributed by atoms with Gasteiger partial charge < -0.3 is 10.6 Å². The Morgan fingerprint density at radius 2 is 2.17 bits per heavy atom. The molecule has 0 saturated carbocycles. The monoisotopic (exact) mass is 246 g/mol. The van der Waals surface area contributed by atoms with Crippen LogP contribution in [0, 0.1) is 5.92 Å². The number of hydrogen-bond donors (Lipinski definition) is 1. The Labute approximate surface area is 109 Å². The number of hydrogen-bond acceptors (Lipinski definition) is 2. The zero-order chi connectivity index (χ0) is 13.0. The SMILES string of the molecule is C[C@@H](N)C(=O)N1CCCC(Cc2ccccc2)C1. The van der Waals surface area contributed by atoms with Gasteiger partial charge in [-0.2, -0.15) is 0 Å². The third kappa shape index (κ3) is 3.33. The summed E-state index contributed by atoms with van der Waals surface area (Å²) < 4.78 is 0. The van der Waals surface area contributed by atoms with Crippen LogP contribution in [0.3, 0.4) is 0 Å². The molecule has 0 aromatic heterocycles. The molecule has 3 heteroatoms. The Balaban J connectivity index is 1.93.